The number of aromatic nitrogens is 3. The molecule has 1 aromatic heterocycles. The van der Waals surface area contributed by atoms with Gasteiger partial charge in [0.25, 0.3) is 0 Å². The molecule has 0 bridgehead atoms. The fourth-order valence-corrected chi connectivity index (χ4v) is 2.74. The topological polar surface area (TPSA) is 56.7 Å². The lowest BCUT2D eigenvalue weighted by atomic mass is 10.2. The Morgan fingerprint density at radius 2 is 2.17 bits per heavy atom. The maximum atomic E-state index is 5.90. The summed E-state index contributed by atoms with van der Waals surface area (Å²) in [7, 11) is 0. The van der Waals surface area contributed by atoms with E-state index in [-0.39, 0.29) is 0 Å². The molecule has 2 aromatic rings. The summed E-state index contributed by atoms with van der Waals surface area (Å²) >= 11 is 1.75. The quantitative estimate of drug-likeness (QED) is 0.679. The molecule has 0 saturated heterocycles. The minimum atomic E-state index is 0.338. The van der Waals surface area contributed by atoms with Crippen molar-refractivity contribution in [2.45, 2.75) is 37.5 Å². The predicted octanol–water partition coefficient (Wildman–Crippen LogP) is 3.04. The van der Waals surface area contributed by atoms with E-state index >= 15 is 0 Å². The molecule has 0 unspecified atom stereocenters. The lowest BCUT2D eigenvalue weighted by Crippen LogP contribution is -2.07. The van der Waals surface area contributed by atoms with E-state index in [9.17, 15) is 0 Å². The number of hydrogen-bond donors (Lipinski definition) is 1. The molecule has 0 radical (unpaired) electrons. The maximum absolute atomic E-state index is 5.90. The Morgan fingerprint density at radius 1 is 1.39 bits per heavy atom. The lowest BCUT2D eigenvalue weighted by molar-refractivity contribution is 0.514. The molecule has 0 atom stereocenters. The van der Waals surface area contributed by atoms with Crippen LogP contribution in [-0.4, -0.2) is 14.8 Å². The SMILES string of the molecule is Cc1c(N)cccc1SCc1ncnn1C(C)C. The van der Waals surface area contributed by atoms with Crippen LogP contribution in [0.25, 0.3) is 0 Å². The average molecular weight is 262 g/mol. The van der Waals surface area contributed by atoms with E-state index in [0.717, 1.165) is 22.8 Å². The van der Waals surface area contributed by atoms with Gasteiger partial charge in [-0.25, -0.2) is 9.67 Å². The molecule has 0 aliphatic carbocycles. The molecular weight excluding hydrogens is 244 g/mol. The monoisotopic (exact) mass is 262 g/mol. The van der Waals surface area contributed by atoms with Crippen molar-refractivity contribution >= 4 is 17.4 Å². The van der Waals surface area contributed by atoms with Gasteiger partial charge in [0, 0.05) is 16.6 Å². The minimum Gasteiger partial charge on any atom is -0.398 e. The molecule has 0 aliphatic heterocycles. The van der Waals surface area contributed by atoms with Crippen LogP contribution >= 0.6 is 11.8 Å². The fraction of sp³-hybridized carbons (Fsp3) is 0.385. The van der Waals surface area contributed by atoms with Crippen molar-refractivity contribution in [1.29, 1.82) is 0 Å². The van der Waals surface area contributed by atoms with Gasteiger partial charge in [0.15, 0.2) is 0 Å². The van der Waals surface area contributed by atoms with Gasteiger partial charge in [0.2, 0.25) is 0 Å². The Labute approximate surface area is 112 Å². The van der Waals surface area contributed by atoms with Crippen LogP contribution in [0.2, 0.25) is 0 Å². The molecule has 1 heterocycles. The molecule has 5 heteroatoms. The molecule has 2 rings (SSSR count). The van der Waals surface area contributed by atoms with Gasteiger partial charge < -0.3 is 5.73 Å². The van der Waals surface area contributed by atoms with Crippen LogP contribution in [0.5, 0.6) is 0 Å². The lowest BCUT2D eigenvalue weighted by Gasteiger charge is -2.10. The van der Waals surface area contributed by atoms with E-state index in [4.69, 9.17) is 5.73 Å². The fourth-order valence-electron chi connectivity index (χ4n) is 1.74. The Balaban J connectivity index is 2.12. The van der Waals surface area contributed by atoms with Crippen LogP contribution < -0.4 is 5.73 Å². The third kappa shape index (κ3) is 2.67. The summed E-state index contributed by atoms with van der Waals surface area (Å²) in [6.07, 6.45) is 1.61. The molecule has 0 saturated carbocycles. The van der Waals surface area contributed by atoms with Gasteiger partial charge in [-0.1, -0.05) is 6.07 Å². The largest absolute Gasteiger partial charge is 0.398 e. The molecule has 96 valence electrons. The molecule has 18 heavy (non-hydrogen) atoms. The summed E-state index contributed by atoms with van der Waals surface area (Å²) in [5, 5.41) is 4.24. The molecule has 2 N–H and O–H groups in total. The standard InChI is InChI=1S/C13H18N4S/c1-9(2)17-13(15-8-16-17)7-18-12-6-4-5-11(14)10(12)3/h4-6,8-9H,7,14H2,1-3H3. The van der Waals surface area contributed by atoms with Crippen molar-refractivity contribution in [1.82, 2.24) is 14.8 Å². The van der Waals surface area contributed by atoms with E-state index in [1.54, 1.807) is 18.1 Å². The zero-order valence-electron chi connectivity index (χ0n) is 10.9. The van der Waals surface area contributed by atoms with Gasteiger partial charge in [-0.3, -0.25) is 0 Å². The third-order valence-corrected chi connectivity index (χ3v) is 3.97. The first-order valence-corrected chi connectivity index (χ1v) is 6.94. The Bertz CT molecular complexity index is 534. The van der Waals surface area contributed by atoms with E-state index < -0.39 is 0 Å². The van der Waals surface area contributed by atoms with Gasteiger partial charge in [0.05, 0.1) is 5.75 Å². The number of nitrogen functional groups attached to an aromatic ring is 1. The summed E-state index contributed by atoms with van der Waals surface area (Å²) in [6.45, 7) is 6.26. The number of anilines is 1. The van der Waals surface area contributed by atoms with Crippen molar-refractivity contribution in [3.8, 4) is 0 Å². The van der Waals surface area contributed by atoms with Crippen molar-refractivity contribution in [3.63, 3.8) is 0 Å². The number of benzene rings is 1. The van der Waals surface area contributed by atoms with Crippen LogP contribution in [-0.2, 0) is 5.75 Å². The first kappa shape index (κ1) is 13.0. The van der Waals surface area contributed by atoms with E-state index in [0.29, 0.717) is 6.04 Å². The van der Waals surface area contributed by atoms with Crippen molar-refractivity contribution < 1.29 is 0 Å². The summed E-state index contributed by atoms with van der Waals surface area (Å²) in [5.41, 5.74) is 7.88. The number of nitrogens with zero attached hydrogens (tertiary/aromatic N) is 3. The first-order chi connectivity index (χ1) is 8.59. The van der Waals surface area contributed by atoms with Crippen molar-refractivity contribution in [3.05, 3.63) is 35.9 Å². The molecule has 0 amide bonds. The smallest absolute Gasteiger partial charge is 0.138 e. The van der Waals surface area contributed by atoms with Gasteiger partial charge in [-0.05, 0) is 38.5 Å². The second-order valence-electron chi connectivity index (χ2n) is 4.47. The Kier molecular flexibility index (Phi) is 3.91. The van der Waals surface area contributed by atoms with Crippen LogP contribution in [0.4, 0.5) is 5.69 Å². The number of nitrogens with two attached hydrogens (primary N) is 1. The maximum Gasteiger partial charge on any atom is 0.138 e. The molecule has 4 nitrogen and oxygen atoms in total. The van der Waals surface area contributed by atoms with E-state index in [1.807, 2.05) is 23.7 Å². The third-order valence-electron chi connectivity index (χ3n) is 2.82. The second kappa shape index (κ2) is 5.44. The molecule has 0 aliphatic rings. The van der Waals surface area contributed by atoms with Crippen LogP contribution in [0.15, 0.2) is 29.4 Å². The highest BCUT2D eigenvalue weighted by molar-refractivity contribution is 7.98. The predicted molar refractivity (Wildman–Crippen MR) is 75.6 cm³/mol. The summed E-state index contributed by atoms with van der Waals surface area (Å²) in [5.74, 6) is 1.81. The van der Waals surface area contributed by atoms with Gasteiger partial charge in [0.1, 0.15) is 12.2 Å². The van der Waals surface area contributed by atoms with Gasteiger partial charge in [-0.15, -0.1) is 11.8 Å². The van der Waals surface area contributed by atoms with Crippen molar-refractivity contribution in [2.24, 2.45) is 0 Å². The summed E-state index contributed by atoms with van der Waals surface area (Å²) in [6, 6.07) is 6.34. The van der Waals surface area contributed by atoms with Crippen molar-refractivity contribution in [2.75, 3.05) is 5.73 Å². The van der Waals surface area contributed by atoms with E-state index in [1.165, 1.54) is 4.90 Å². The molecule has 0 fully saturated rings. The first-order valence-electron chi connectivity index (χ1n) is 5.96. The van der Waals surface area contributed by atoms with Gasteiger partial charge in [-0.2, -0.15) is 5.10 Å². The average Bonchev–Trinajstić information content (AvgIpc) is 2.79. The zero-order valence-corrected chi connectivity index (χ0v) is 11.7. The number of thioether (sulfide) groups is 1. The summed E-state index contributed by atoms with van der Waals surface area (Å²) < 4.78 is 1.95. The van der Waals surface area contributed by atoms with Crippen LogP contribution in [0.1, 0.15) is 31.3 Å². The highest BCUT2D eigenvalue weighted by Crippen LogP contribution is 2.28. The molecule has 1 aromatic carbocycles. The van der Waals surface area contributed by atoms with Gasteiger partial charge >= 0.3 is 0 Å². The molecule has 0 spiro atoms. The normalized spacial score (nSPS) is 11.1. The highest BCUT2D eigenvalue weighted by Gasteiger charge is 2.09. The number of hydrogen-bond acceptors (Lipinski definition) is 4. The summed E-state index contributed by atoms with van der Waals surface area (Å²) in [4.78, 5) is 5.51. The number of rotatable bonds is 4. The minimum absolute atomic E-state index is 0.338. The van der Waals surface area contributed by atoms with Crippen LogP contribution in [0, 0.1) is 6.92 Å². The van der Waals surface area contributed by atoms with E-state index in [2.05, 4.69) is 30.0 Å². The highest BCUT2D eigenvalue weighted by atomic mass is 32.2. The molecular formula is C13H18N4S. The Hall–Kier alpha value is -1.49. The Morgan fingerprint density at radius 3 is 2.89 bits per heavy atom. The zero-order chi connectivity index (χ0) is 13.1. The van der Waals surface area contributed by atoms with Crippen LogP contribution in [0.3, 0.4) is 0 Å². The second-order valence-corrected chi connectivity index (χ2v) is 5.49.